The predicted octanol–water partition coefficient (Wildman–Crippen LogP) is 4.62. The molecule has 1 aliphatic heterocycles. The molecule has 25 heavy (non-hydrogen) atoms. The molecule has 0 fully saturated rings. The number of anilines is 1. The van der Waals surface area contributed by atoms with Crippen molar-refractivity contribution in [1.29, 1.82) is 0 Å². The topological polar surface area (TPSA) is 46.1 Å². The van der Waals surface area contributed by atoms with Crippen molar-refractivity contribution in [2.75, 3.05) is 18.2 Å². The third kappa shape index (κ3) is 3.50. The van der Waals surface area contributed by atoms with Crippen LogP contribution in [0.4, 0.5) is 5.69 Å². The van der Waals surface area contributed by atoms with Crippen LogP contribution in [0.3, 0.4) is 0 Å². The minimum absolute atomic E-state index is 0.105. The highest BCUT2D eigenvalue weighted by atomic mass is 32.2. The van der Waals surface area contributed by atoms with Crippen molar-refractivity contribution in [3.63, 3.8) is 0 Å². The molecule has 0 amide bonds. The van der Waals surface area contributed by atoms with Crippen LogP contribution in [0.25, 0.3) is 0 Å². The molecular weight excluding hydrogens is 370 g/mol. The highest BCUT2D eigenvalue weighted by molar-refractivity contribution is 8.03. The van der Waals surface area contributed by atoms with E-state index in [-0.39, 0.29) is 16.4 Å². The maximum Gasteiger partial charge on any atom is 0.175 e. The molecule has 0 saturated carbocycles. The van der Waals surface area contributed by atoms with Crippen LogP contribution in [0, 0.1) is 0 Å². The Bertz CT molecular complexity index is 828. The van der Waals surface area contributed by atoms with E-state index in [1.807, 2.05) is 26.3 Å². The molecular formula is C18H21N3OS3. The summed E-state index contributed by atoms with van der Waals surface area (Å²) >= 11 is 4.58. The van der Waals surface area contributed by atoms with Gasteiger partial charge in [-0.1, -0.05) is 66.9 Å². The third-order valence-electron chi connectivity index (χ3n) is 4.46. The van der Waals surface area contributed by atoms with Gasteiger partial charge in [0.1, 0.15) is 0 Å². The molecule has 1 aromatic heterocycles. The Morgan fingerprint density at radius 3 is 2.60 bits per heavy atom. The number of nitrogens with zero attached hydrogens (tertiary/aromatic N) is 3. The van der Waals surface area contributed by atoms with Crippen LogP contribution < -0.4 is 4.90 Å². The average Bonchev–Trinajstić information content (AvgIpc) is 3.12. The Balaban J connectivity index is 1.81. The smallest absolute Gasteiger partial charge is 0.175 e. The zero-order valence-corrected chi connectivity index (χ0v) is 17.4. The van der Waals surface area contributed by atoms with Crippen molar-refractivity contribution in [1.82, 2.24) is 10.2 Å². The number of rotatable bonds is 5. The molecule has 1 aromatic carbocycles. The fraction of sp³-hybridized carbons (Fsp3) is 0.389. The number of aromatic nitrogens is 2. The van der Waals surface area contributed by atoms with Gasteiger partial charge in [-0.2, -0.15) is 0 Å². The highest BCUT2D eigenvalue weighted by Crippen LogP contribution is 2.46. The van der Waals surface area contributed by atoms with Crippen LogP contribution >= 0.6 is 34.9 Å². The number of ketones is 1. The fourth-order valence-electron chi connectivity index (χ4n) is 3.05. The fourth-order valence-corrected chi connectivity index (χ4v) is 5.65. The summed E-state index contributed by atoms with van der Waals surface area (Å²) < 4.78 is 1.76. The van der Waals surface area contributed by atoms with Gasteiger partial charge in [-0.15, -0.1) is 10.2 Å². The third-order valence-corrected chi connectivity index (χ3v) is 7.56. The molecule has 2 aromatic rings. The summed E-state index contributed by atoms with van der Waals surface area (Å²) in [5.74, 6) is 0.105. The van der Waals surface area contributed by atoms with Crippen LogP contribution in [-0.4, -0.2) is 34.5 Å². The van der Waals surface area contributed by atoms with E-state index in [4.69, 9.17) is 0 Å². The van der Waals surface area contributed by atoms with E-state index in [1.54, 1.807) is 17.8 Å². The molecule has 2 heterocycles. The number of hydrogen-bond acceptors (Lipinski definition) is 7. The molecule has 1 unspecified atom stereocenters. The van der Waals surface area contributed by atoms with Crippen molar-refractivity contribution < 1.29 is 4.79 Å². The maximum absolute atomic E-state index is 12.8. The lowest BCUT2D eigenvalue weighted by Crippen LogP contribution is -2.25. The molecule has 4 nitrogen and oxygen atoms in total. The van der Waals surface area contributed by atoms with Gasteiger partial charge in [0.15, 0.2) is 14.5 Å². The number of allylic oxidation sites excluding steroid dienone is 2. The molecule has 0 N–H and O–H groups in total. The van der Waals surface area contributed by atoms with Gasteiger partial charge in [0, 0.05) is 29.9 Å². The normalized spacial score (nSPS) is 18.4. The maximum atomic E-state index is 12.8. The summed E-state index contributed by atoms with van der Waals surface area (Å²) in [4.78, 5) is 14.9. The predicted molar refractivity (Wildman–Crippen MR) is 108 cm³/mol. The minimum atomic E-state index is -0.192. The molecule has 0 spiro atoms. The number of benzene rings is 1. The van der Waals surface area contributed by atoms with E-state index in [0.717, 1.165) is 14.4 Å². The quantitative estimate of drug-likeness (QED) is 0.547. The molecule has 1 aliphatic rings. The van der Waals surface area contributed by atoms with Crippen molar-refractivity contribution in [2.45, 2.75) is 40.1 Å². The summed E-state index contributed by atoms with van der Waals surface area (Å²) in [6, 6.07) is 8.33. The van der Waals surface area contributed by atoms with Crippen LogP contribution in [0.2, 0.25) is 0 Å². The second-order valence-corrected chi connectivity index (χ2v) is 10.1. The number of carbonyl (C=O) groups excluding carboxylic acids is 1. The first kappa shape index (κ1) is 18.5. The van der Waals surface area contributed by atoms with E-state index >= 15 is 0 Å². The first-order valence-corrected chi connectivity index (χ1v) is 10.9. The van der Waals surface area contributed by atoms with Gasteiger partial charge in [0.25, 0.3) is 0 Å². The first-order valence-electron chi connectivity index (χ1n) is 7.98. The van der Waals surface area contributed by atoms with Gasteiger partial charge in [0.2, 0.25) is 0 Å². The lowest BCUT2D eigenvalue weighted by atomic mass is 9.83. The number of fused-ring (bicyclic) bond motifs is 1. The number of thioether (sulfide) groups is 2. The monoisotopic (exact) mass is 391 g/mol. The van der Waals surface area contributed by atoms with Crippen LogP contribution in [0.5, 0.6) is 0 Å². The Morgan fingerprint density at radius 1 is 1.28 bits per heavy atom. The molecule has 3 rings (SSSR count). The van der Waals surface area contributed by atoms with Gasteiger partial charge in [-0.3, -0.25) is 4.79 Å². The standard InChI is InChI=1S/C18H21N3OS3/c1-11(24-17-20-19-16(23-5)25-17)14(22)10-15-18(2,3)12-8-6-7-9-13(12)21(15)4/h6-11H,1-5H3/b15-10+. The number of para-hydroxylation sites is 1. The summed E-state index contributed by atoms with van der Waals surface area (Å²) in [6.07, 6.45) is 3.78. The molecule has 7 heteroatoms. The lowest BCUT2D eigenvalue weighted by Gasteiger charge is -2.24. The summed E-state index contributed by atoms with van der Waals surface area (Å²) in [5, 5.41) is 8.04. The van der Waals surface area contributed by atoms with Crippen LogP contribution in [0.15, 0.2) is 44.7 Å². The Morgan fingerprint density at radius 2 is 1.96 bits per heavy atom. The largest absolute Gasteiger partial charge is 0.347 e. The number of likely N-dealkylation sites (N-methyl/N-ethyl adjacent to an activating group) is 1. The second-order valence-electron chi connectivity index (χ2n) is 6.43. The van der Waals surface area contributed by atoms with Gasteiger partial charge in [-0.05, 0) is 24.8 Å². The van der Waals surface area contributed by atoms with Gasteiger partial charge in [-0.25, -0.2) is 0 Å². The average molecular weight is 392 g/mol. The SMILES string of the molecule is CSc1nnc(SC(C)C(=O)/C=C2/N(C)c3ccccc3C2(C)C)s1. The summed E-state index contributed by atoms with van der Waals surface area (Å²) in [5.41, 5.74) is 3.28. The molecule has 0 bridgehead atoms. The molecule has 0 saturated heterocycles. The zero-order valence-electron chi connectivity index (χ0n) is 14.9. The number of carbonyl (C=O) groups is 1. The van der Waals surface area contributed by atoms with E-state index < -0.39 is 0 Å². The van der Waals surface area contributed by atoms with Gasteiger partial charge >= 0.3 is 0 Å². The van der Waals surface area contributed by atoms with Crippen molar-refractivity contribution in [3.05, 3.63) is 41.6 Å². The number of hydrogen-bond donors (Lipinski definition) is 0. The Hall–Kier alpha value is -1.31. The van der Waals surface area contributed by atoms with Gasteiger partial charge < -0.3 is 4.90 Å². The van der Waals surface area contributed by atoms with Gasteiger partial charge in [0.05, 0.1) is 5.25 Å². The molecule has 1 atom stereocenters. The Labute approximate surface area is 161 Å². The summed E-state index contributed by atoms with van der Waals surface area (Å²) in [6.45, 7) is 6.27. The zero-order chi connectivity index (χ0) is 18.2. The van der Waals surface area contributed by atoms with E-state index in [0.29, 0.717) is 0 Å². The van der Waals surface area contributed by atoms with Crippen molar-refractivity contribution in [2.24, 2.45) is 0 Å². The molecule has 0 radical (unpaired) electrons. The van der Waals surface area contributed by atoms with E-state index in [9.17, 15) is 4.79 Å². The Kier molecular flexibility index (Phi) is 5.27. The molecule has 0 aliphatic carbocycles. The van der Waals surface area contributed by atoms with Crippen molar-refractivity contribution in [3.8, 4) is 0 Å². The lowest BCUT2D eigenvalue weighted by molar-refractivity contribution is -0.113. The van der Waals surface area contributed by atoms with Crippen LogP contribution in [0.1, 0.15) is 26.3 Å². The van der Waals surface area contributed by atoms with E-state index in [2.05, 4.69) is 47.1 Å². The minimum Gasteiger partial charge on any atom is -0.347 e. The highest BCUT2D eigenvalue weighted by Gasteiger charge is 2.38. The summed E-state index contributed by atoms with van der Waals surface area (Å²) in [7, 11) is 2.03. The van der Waals surface area contributed by atoms with Crippen molar-refractivity contribution >= 4 is 46.3 Å². The first-order chi connectivity index (χ1) is 11.8. The van der Waals surface area contributed by atoms with Crippen LogP contribution in [-0.2, 0) is 10.2 Å². The molecule has 132 valence electrons. The second kappa shape index (κ2) is 7.13. The van der Waals surface area contributed by atoms with E-state index in [1.165, 1.54) is 34.3 Å².